The summed E-state index contributed by atoms with van der Waals surface area (Å²) in [7, 11) is 0. The summed E-state index contributed by atoms with van der Waals surface area (Å²) in [5.74, 6) is 0.675. The second-order valence-corrected chi connectivity index (χ2v) is 4.24. The van der Waals surface area contributed by atoms with Crippen LogP contribution in [0.4, 0.5) is 0 Å². The van der Waals surface area contributed by atoms with Gasteiger partial charge < -0.3 is 10.6 Å². The first-order valence-electron chi connectivity index (χ1n) is 5.11. The highest BCUT2D eigenvalue weighted by molar-refractivity contribution is 7.07. The third-order valence-electron chi connectivity index (χ3n) is 2.03. The Labute approximate surface area is 89.9 Å². The average Bonchev–Trinajstić information content (AvgIpc) is 2.67. The molecule has 1 rings (SSSR count). The third-order valence-corrected chi connectivity index (χ3v) is 2.66. The van der Waals surface area contributed by atoms with E-state index in [0.29, 0.717) is 5.92 Å². The van der Waals surface area contributed by atoms with E-state index < -0.39 is 0 Å². The van der Waals surface area contributed by atoms with Gasteiger partial charge in [-0.1, -0.05) is 13.8 Å². The summed E-state index contributed by atoms with van der Waals surface area (Å²) in [6, 6.07) is 0. The quantitative estimate of drug-likeness (QED) is 0.720. The van der Waals surface area contributed by atoms with E-state index in [-0.39, 0.29) is 0 Å². The number of nitrogens with zero attached hydrogens (tertiary/aromatic N) is 1. The van der Waals surface area contributed by atoms with E-state index in [1.54, 1.807) is 11.3 Å². The second kappa shape index (κ2) is 6.92. The first-order valence-corrected chi connectivity index (χ1v) is 6.05. The van der Waals surface area contributed by atoms with E-state index >= 15 is 0 Å². The highest BCUT2D eigenvalue weighted by Crippen LogP contribution is 2.00. The molecule has 3 nitrogen and oxygen atoms in total. The molecule has 4 heteroatoms. The van der Waals surface area contributed by atoms with Gasteiger partial charge in [0.1, 0.15) is 0 Å². The van der Waals surface area contributed by atoms with E-state index in [1.165, 1.54) is 0 Å². The van der Waals surface area contributed by atoms with Gasteiger partial charge in [0.05, 0.1) is 11.2 Å². The molecule has 0 bridgehead atoms. The lowest BCUT2D eigenvalue weighted by Crippen LogP contribution is -2.29. The number of aromatic nitrogens is 1. The number of hydrogen-bond acceptors (Lipinski definition) is 4. The van der Waals surface area contributed by atoms with Gasteiger partial charge in [-0.3, -0.25) is 0 Å². The summed E-state index contributed by atoms with van der Waals surface area (Å²) < 4.78 is 0. The summed E-state index contributed by atoms with van der Waals surface area (Å²) in [6.45, 7) is 8.45. The molecule has 0 radical (unpaired) electrons. The van der Waals surface area contributed by atoms with Gasteiger partial charge in [0.15, 0.2) is 0 Å². The Kier molecular flexibility index (Phi) is 5.75. The topological polar surface area (TPSA) is 37.0 Å². The molecule has 1 atom stereocenters. The van der Waals surface area contributed by atoms with Crippen molar-refractivity contribution in [2.75, 3.05) is 19.6 Å². The van der Waals surface area contributed by atoms with Crippen LogP contribution in [0.25, 0.3) is 0 Å². The first-order chi connectivity index (χ1) is 6.83. The minimum Gasteiger partial charge on any atom is -0.317 e. The van der Waals surface area contributed by atoms with Gasteiger partial charge >= 0.3 is 0 Å². The van der Waals surface area contributed by atoms with Crippen LogP contribution < -0.4 is 10.6 Å². The molecule has 0 saturated carbocycles. The van der Waals surface area contributed by atoms with Crippen molar-refractivity contribution in [1.29, 1.82) is 0 Å². The zero-order valence-electron chi connectivity index (χ0n) is 8.92. The van der Waals surface area contributed by atoms with E-state index in [4.69, 9.17) is 0 Å². The van der Waals surface area contributed by atoms with Crippen molar-refractivity contribution in [3.8, 4) is 0 Å². The molecule has 0 aliphatic heterocycles. The normalized spacial score (nSPS) is 13.0. The summed E-state index contributed by atoms with van der Waals surface area (Å²) in [5, 5.41) is 8.82. The van der Waals surface area contributed by atoms with Gasteiger partial charge in [0.25, 0.3) is 0 Å². The summed E-state index contributed by atoms with van der Waals surface area (Å²) in [6.07, 6.45) is 0. The molecular formula is C10H19N3S. The lowest BCUT2D eigenvalue weighted by Gasteiger charge is -2.11. The van der Waals surface area contributed by atoms with Crippen LogP contribution in [0, 0.1) is 5.92 Å². The van der Waals surface area contributed by atoms with Gasteiger partial charge in [-0.15, -0.1) is 11.3 Å². The number of nitrogens with one attached hydrogen (secondary N) is 2. The number of hydrogen-bond donors (Lipinski definition) is 2. The number of rotatable bonds is 7. The van der Waals surface area contributed by atoms with Crippen LogP contribution in [0.5, 0.6) is 0 Å². The van der Waals surface area contributed by atoms with Crippen LogP contribution in [0.1, 0.15) is 19.5 Å². The van der Waals surface area contributed by atoms with Crippen molar-refractivity contribution in [2.24, 2.45) is 5.92 Å². The van der Waals surface area contributed by atoms with Crippen molar-refractivity contribution in [3.05, 3.63) is 16.6 Å². The smallest absolute Gasteiger partial charge is 0.0795 e. The molecule has 0 aromatic carbocycles. The maximum Gasteiger partial charge on any atom is 0.0795 e. The van der Waals surface area contributed by atoms with Gasteiger partial charge in [0, 0.05) is 11.9 Å². The summed E-state index contributed by atoms with van der Waals surface area (Å²) in [4.78, 5) is 4.22. The standard InChI is InChI=1S/C10H19N3S/c1-3-11-4-9(2)5-12-6-10-7-14-8-13-10/h7-9,11-12H,3-6H2,1-2H3. The zero-order chi connectivity index (χ0) is 10.2. The van der Waals surface area contributed by atoms with Crippen molar-refractivity contribution in [2.45, 2.75) is 20.4 Å². The molecule has 0 saturated heterocycles. The molecule has 1 heterocycles. The van der Waals surface area contributed by atoms with Gasteiger partial charge in [-0.05, 0) is 25.6 Å². The van der Waals surface area contributed by atoms with Gasteiger partial charge in [-0.25, -0.2) is 4.98 Å². The van der Waals surface area contributed by atoms with E-state index in [1.807, 2.05) is 5.51 Å². The summed E-state index contributed by atoms with van der Waals surface area (Å²) in [5.41, 5.74) is 3.02. The van der Waals surface area contributed by atoms with Crippen LogP contribution in [0.15, 0.2) is 10.9 Å². The first kappa shape index (κ1) is 11.6. The van der Waals surface area contributed by atoms with E-state index in [9.17, 15) is 0 Å². The molecular weight excluding hydrogens is 194 g/mol. The molecule has 2 N–H and O–H groups in total. The Morgan fingerprint density at radius 1 is 1.43 bits per heavy atom. The molecule has 0 amide bonds. The number of thiazole rings is 1. The van der Waals surface area contributed by atoms with Crippen LogP contribution in [-0.2, 0) is 6.54 Å². The zero-order valence-corrected chi connectivity index (χ0v) is 9.73. The molecule has 80 valence electrons. The van der Waals surface area contributed by atoms with Crippen LogP contribution in [-0.4, -0.2) is 24.6 Å². The lowest BCUT2D eigenvalue weighted by atomic mass is 10.2. The summed E-state index contributed by atoms with van der Waals surface area (Å²) >= 11 is 1.65. The lowest BCUT2D eigenvalue weighted by molar-refractivity contribution is 0.477. The highest BCUT2D eigenvalue weighted by Gasteiger charge is 2.00. The Bertz CT molecular complexity index is 223. The molecule has 0 aliphatic carbocycles. The predicted molar refractivity (Wildman–Crippen MR) is 61.5 cm³/mol. The Balaban J connectivity index is 2.03. The SMILES string of the molecule is CCNCC(C)CNCc1cscn1. The van der Waals surface area contributed by atoms with Crippen molar-refractivity contribution in [1.82, 2.24) is 15.6 Å². The van der Waals surface area contributed by atoms with Crippen LogP contribution in [0.2, 0.25) is 0 Å². The second-order valence-electron chi connectivity index (χ2n) is 3.52. The van der Waals surface area contributed by atoms with Crippen molar-refractivity contribution < 1.29 is 0 Å². The Morgan fingerprint density at radius 2 is 2.21 bits per heavy atom. The Hall–Kier alpha value is -0.450. The van der Waals surface area contributed by atoms with Gasteiger partial charge in [-0.2, -0.15) is 0 Å². The highest BCUT2D eigenvalue weighted by atomic mass is 32.1. The molecule has 14 heavy (non-hydrogen) atoms. The van der Waals surface area contributed by atoms with Crippen LogP contribution >= 0.6 is 11.3 Å². The monoisotopic (exact) mass is 213 g/mol. The average molecular weight is 213 g/mol. The fourth-order valence-electron chi connectivity index (χ4n) is 1.23. The van der Waals surface area contributed by atoms with E-state index in [0.717, 1.165) is 31.9 Å². The van der Waals surface area contributed by atoms with E-state index in [2.05, 4.69) is 34.8 Å². The molecule has 1 aromatic heterocycles. The maximum atomic E-state index is 4.22. The molecule has 1 unspecified atom stereocenters. The largest absolute Gasteiger partial charge is 0.317 e. The third kappa shape index (κ3) is 4.69. The molecule has 0 fully saturated rings. The predicted octanol–water partition coefficient (Wildman–Crippen LogP) is 1.48. The minimum atomic E-state index is 0.675. The van der Waals surface area contributed by atoms with Crippen molar-refractivity contribution >= 4 is 11.3 Å². The van der Waals surface area contributed by atoms with Crippen LogP contribution in [0.3, 0.4) is 0 Å². The van der Waals surface area contributed by atoms with Gasteiger partial charge in [0.2, 0.25) is 0 Å². The molecule has 0 spiro atoms. The fraction of sp³-hybridized carbons (Fsp3) is 0.700. The molecule has 0 aliphatic rings. The molecule has 1 aromatic rings. The fourth-order valence-corrected chi connectivity index (χ4v) is 1.79. The maximum absolute atomic E-state index is 4.22. The Morgan fingerprint density at radius 3 is 2.86 bits per heavy atom. The minimum absolute atomic E-state index is 0.675. The van der Waals surface area contributed by atoms with Crippen molar-refractivity contribution in [3.63, 3.8) is 0 Å².